The van der Waals surface area contributed by atoms with Crippen LogP contribution in [0.25, 0.3) is 0 Å². The first-order valence-corrected chi connectivity index (χ1v) is 4.74. The Balaban J connectivity index is 2.29. The summed E-state index contributed by atoms with van der Waals surface area (Å²) in [5, 5.41) is 0. The SMILES string of the molecule is COCCC1C(C)CCC1C. The molecule has 1 saturated carbocycles. The average Bonchev–Trinajstić information content (AvgIpc) is 2.29. The van der Waals surface area contributed by atoms with Gasteiger partial charge in [-0.15, -0.1) is 0 Å². The van der Waals surface area contributed by atoms with E-state index in [1.165, 1.54) is 19.3 Å². The lowest BCUT2D eigenvalue weighted by Crippen LogP contribution is -2.12. The fourth-order valence-corrected chi connectivity index (χ4v) is 2.34. The Kier molecular flexibility index (Phi) is 3.38. The van der Waals surface area contributed by atoms with Gasteiger partial charge in [0.25, 0.3) is 0 Å². The minimum absolute atomic E-state index is 0.926. The maximum atomic E-state index is 5.10. The van der Waals surface area contributed by atoms with E-state index in [4.69, 9.17) is 4.74 Å². The van der Waals surface area contributed by atoms with E-state index in [-0.39, 0.29) is 0 Å². The summed E-state index contributed by atoms with van der Waals surface area (Å²) >= 11 is 0. The second-order valence-electron chi connectivity index (χ2n) is 3.98. The Bertz CT molecular complexity index is 101. The van der Waals surface area contributed by atoms with Crippen molar-refractivity contribution in [1.29, 1.82) is 0 Å². The van der Waals surface area contributed by atoms with Gasteiger partial charge in [-0.1, -0.05) is 26.7 Å². The van der Waals surface area contributed by atoms with Crippen LogP contribution in [0.1, 0.15) is 33.1 Å². The Morgan fingerprint density at radius 3 is 2.18 bits per heavy atom. The van der Waals surface area contributed by atoms with E-state index in [1.807, 2.05) is 0 Å². The van der Waals surface area contributed by atoms with Gasteiger partial charge in [0.1, 0.15) is 0 Å². The van der Waals surface area contributed by atoms with Crippen LogP contribution < -0.4 is 0 Å². The summed E-state index contributed by atoms with van der Waals surface area (Å²) in [6, 6.07) is 0. The molecule has 1 aliphatic rings. The topological polar surface area (TPSA) is 9.23 Å². The van der Waals surface area contributed by atoms with Crippen molar-refractivity contribution in [3.8, 4) is 0 Å². The molecule has 1 fully saturated rings. The normalized spacial score (nSPS) is 37.9. The molecule has 1 rings (SSSR count). The molecule has 0 aromatic rings. The summed E-state index contributed by atoms with van der Waals surface area (Å²) in [7, 11) is 1.80. The quantitative estimate of drug-likeness (QED) is 0.610. The molecule has 0 bridgehead atoms. The predicted molar refractivity (Wildman–Crippen MR) is 47.5 cm³/mol. The van der Waals surface area contributed by atoms with E-state index in [9.17, 15) is 0 Å². The van der Waals surface area contributed by atoms with Gasteiger partial charge in [0.15, 0.2) is 0 Å². The third-order valence-electron chi connectivity index (χ3n) is 3.19. The number of methoxy groups -OCH3 is 1. The molecule has 1 heteroatoms. The van der Waals surface area contributed by atoms with Crippen LogP contribution in [0.4, 0.5) is 0 Å². The van der Waals surface area contributed by atoms with Crippen LogP contribution in [-0.4, -0.2) is 13.7 Å². The molecule has 0 heterocycles. The summed E-state index contributed by atoms with van der Waals surface area (Å²) in [4.78, 5) is 0. The first-order valence-electron chi connectivity index (χ1n) is 4.74. The van der Waals surface area contributed by atoms with E-state index in [0.717, 1.165) is 24.4 Å². The summed E-state index contributed by atoms with van der Waals surface area (Å²) in [6.07, 6.45) is 4.12. The van der Waals surface area contributed by atoms with Crippen molar-refractivity contribution < 1.29 is 4.74 Å². The highest BCUT2D eigenvalue weighted by molar-refractivity contribution is 4.79. The average molecular weight is 156 g/mol. The summed E-state index contributed by atoms with van der Waals surface area (Å²) < 4.78 is 5.10. The van der Waals surface area contributed by atoms with Gasteiger partial charge < -0.3 is 4.74 Å². The second-order valence-corrected chi connectivity index (χ2v) is 3.98. The summed E-state index contributed by atoms with van der Waals surface area (Å²) in [5.41, 5.74) is 0. The van der Waals surface area contributed by atoms with Gasteiger partial charge in [-0.05, 0) is 24.2 Å². The van der Waals surface area contributed by atoms with E-state index >= 15 is 0 Å². The summed E-state index contributed by atoms with van der Waals surface area (Å²) in [5.74, 6) is 2.79. The molecule has 0 radical (unpaired) electrons. The molecular formula is C10H20O. The van der Waals surface area contributed by atoms with Crippen LogP contribution in [0.3, 0.4) is 0 Å². The third-order valence-corrected chi connectivity index (χ3v) is 3.19. The van der Waals surface area contributed by atoms with Gasteiger partial charge in [-0.2, -0.15) is 0 Å². The Hall–Kier alpha value is -0.0400. The van der Waals surface area contributed by atoms with Crippen molar-refractivity contribution in [2.45, 2.75) is 33.1 Å². The van der Waals surface area contributed by atoms with Crippen molar-refractivity contribution in [3.63, 3.8) is 0 Å². The number of ether oxygens (including phenoxy) is 1. The van der Waals surface area contributed by atoms with Crippen molar-refractivity contribution in [3.05, 3.63) is 0 Å². The fraction of sp³-hybridized carbons (Fsp3) is 1.00. The van der Waals surface area contributed by atoms with E-state index in [0.29, 0.717) is 0 Å². The summed E-state index contributed by atoms with van der Waals surface area (Å²) in [6.45, 7) is 5.70. The maximum Gasteiger partial charge on any atom is 0.0465 e. The molecule has 0 aromatic heterocycles. The highest BCUT2D eigenvalue weighted by Gasteiger charge is 2.29. The molecule has 2 atom stereocenters. The van der Waals surface area contributed by atoms with Crippen molar-refractivity contribution in [2.24, 2.45) is 17.8 Å². The zero-order valence-electron chi connectivity index (χ0n) is 7.97. The van der Waals surface area contributed by atoms with Crippen molar-refractivity contribution in [1.82, 2.24) is 0 Å². The van der Waals surface area contributed by atoms with Crippen LogP contribution >= 0.6 is 0 Å². The molecule has 0 N–H and O–H groups in total. The first-order chi connectivity index (χ1) is 5.25. The lowest BCUT2D eigenvalue weighted by molar-refractivity contribution is 0.158. The second kappa shape index (κ2) is 4.10. The van der Waals surface area contributed by atoms with Gasteiger partial charge in [0, 0.05) is 13.7 Å². The first kappa shape index (κ1) is 9.05. The molecule has 0 spiro atoms. The lowest BCUT2D eigenvalue weighted by atomic mass is 9.89. The van der Waals surface area contributed by atoms with Crippen LogP contribution in [0.15, 0.2) is 0 Å². The minimum atomic E-state index is 0.926. The maximum absolute atomic E-state index is 5.10. The molecule has 66 valence electrons. The van der Waals surface area contributed by atoms with Crippen LogP contribution in [0.5, 0.6) is 0 Å². The molecule has 0 amide bonds. The van der Waals surface area contributed by atoms with Gasteiger partial charge in [-0.3, -0.25) is 0 Å². The largest absolute Gasteiger partial charge is 0.385 e. The fourth-order valence-electron chi connectivity index (χ4n) is 2.34. The molecular weight excluding hydrogens is 136 g/mol. The number of hydrogen-bond donors (Lipinski definition) is 0. The lowest BCUT2D eigenvalue weighted by Gasteiger charge is -2.18. The van der Waals surface area contributed by atoms with E-state index in [2.05, 4.69) is 13.8 Å². The highest BCUT2D eigenvalue weighted by atomic mass is 16.5. The third kappa shape index (κ3) is 2.19. The standard InChI is InChI=1S/C10H20O/c1-8-4-5-9(2)10(8)6-7-11-3/h8-10H,4-7H2,1-3H3. The van der Waals surface area contributed by atoms with Crippen LogP contribution in [-0.2, 0) is 4.74 Å². The molecule has 0 aromatic carbocycles. The van der Waals surface area contributed by atoms with Crippen molar-refractivity contribution >= 4 is 0 Å². The van der Waals surface area contributed by atoms with Gasteiger partial charge in [0.05, 0.1) is 0 Å². The zero-order chi connectivity index (χ0) is 8.27. The van der Waals surface area contributed by atoms with Gasteiger partial charge >= 0.3 is 0 Å². The highest BCUT2D eigenvalue weighted by Crippen LogP contribution is 2.38. The molecule has 1 nitrogen and oxygen atoms in total. The molecule has 2 unspecified atom stereocenters. The molecule has 0 saturated heterocycles. The molecule has 11 heavy (non-hydrogen) atoms. The number of rotatable bonds is 3. The van der Waals surface area contributed by atoms with E-state index < -0.39 is 0 Å². The molecule has 1 aliphatic carbocycles. The monoisotopic (exact) mass is 156 g/mol. The minimum Gasteiger partial charge on any atom is -0.385 e. The van der Waals surface area contributed by atoms with Crippen LogP contribution in [0, 0.1) is 17.8 Å². The van der Waals surface area contributed by atoms with E-state index in [1.54, 1.807) is 7.11 Å². The molecule has 0 aliphatic heterocycles. The van der Waals surface area contributed by atoms with Crippen molar-refractivity contribution in [2.75, 3.05) is 13.7 Å². The van der Waals surface area contributed by atoms with Gasteiger partial charge in [0.2, 0.25) is 0 Å². The van der Waals surface area contributed by atoms with Gasteiger partial charge in [-0.25, -0.2) is 0 Å². The number of hydrogen-bond acceptors (Lipinski definition) is 1. The van der Waals surface area contributed by atoms with Crippen LogP contribution in [0.2, 0.25) is 0 Å². The Morgan fingerprint density at radius 1 is 1.18 bits per heavy atom. The zero-order valence-corrected chi connectivity index (χ0v) is 7.97. The predicted octanol–water partition coefficient (Wildman–Crippen LogP) is 2.71. The Labute approximate surface area is 70.1 Å². The smallest absolute Gasteiger partial charge is 0.0465 e. The Morgan fingerprint density at radius 2 is 1.73 bits per heavy atom.